The zero-order valence-electron chi connectivity index (χ0n) is 19.8. The zero-order valence-corrected chi connectivity index (χ0v) is 19.8. The molecule has 1 spiro atoms. The van der Waals surface area contributed by atoms with E-state index < -0.39 is 34.6 Å². The highest BCUT2D eigenvalue weighted by Gasteiger charge is 2.76. The second kappa shape index (κ2) is 7.31. The molecule has 4 fully saturated rings. The molecule has 3 aliphatic heterocycles. The van der Waals surface area contributed by atoms with E-state index in [0.717, 1.165) is 51.4 Å². The largest absolute Gasteiger partial charge is 0.356 e. The van der Waals surface area contributed by atoms with Crippen molar-refractivity contribution in [2.75, 3.05) is 0 Å². The van der Waals surface area contributed by atoms with Crippen LogP contribution in [0.4, 0.5) is 0 Å². The molecular formula is C25H37N3O4. The Morgan fingerprint density at radius 2 is 1.66 bits per heavy atom. The van der Waals surface area contributed by atoms with Gasteiger partial charge in [0.1, 0.15) is 11.6 Å². The standard InChI is InChI=1S/C25H37N3O4/c1-23(2,3)27-21(30)19-25-14-13-24(4,32-25)17(20(29)26-15-9-5-6-10-15)18(25)22(31)28(19)16-11-7-8-12-16/h13-19H,5-12H2,1-4H3,(H,26,29)(H,27,30). The minimum absolute atomic E-state index is 0.0283. The third-order valence-corrected chi connectivity index (χ3v) is 8.18. The van der Waals surface area contributed by atoms with Crippen molar-refractivity contribution >= 4 is 17.7 Å². The van der Waals surface area contributed by atoms with Gasteiger partial charge in [0, 0.05) is 17.6 Å². The van der Waals surface area contributed by atoms with E-state index in [-0.39, 0.29) is 29.8 Å². The Morgan fingerprint density at radius 1 is 1.03 bits per heavy atom. The molecule has 3 amide bonds. The summed E-state index contributed by atoms with van der Waals surface area (Å²) in [5.41, 5.74) is -2.38. The molecule has 2 bridgehead atoms. The Labute approximate surface area is 190 Å². The Kier molecular flexibility index (Phi) is 5.01. The fourth-order valence-electron chi connectivity index (χ4n) is 6.94. The summed E-state index contributed by atoms with van der Waals surface area (Å²) in [4.78, 5) is 42.9. The maximum absolute atomic E-state index is 14.0. The molecule has 2 saturated heterocycles. The number of hydrogen-bond donors (Lipinski definition) is 2. The quantitative estimate of drug-likeness (QED) is 0.654. The first-order valence-electron chi connectivity index (χ1n) is 12.4. The first-order chi connectivity index (χ1) is 15.1. The Hall–Kier alpha value is -1.89. The second-order valence-corrected chi connectivity index (χ2v) is 11.7. The fourth-order valence-corrected chi connectivity index (χ4v) is 6.94. The summed E-state index contributed by atoms with van der Waals surface area (Å²) in [5, 5.41) is 6.30. The highest BCUT2D eigenvalue weighted by molar-refractivity contribution is 6.00. The minimum atomic E-state index is -1.08. The SMILES string of the molecule is CC(C)(C)NC(=O)C1N(C2CCCC2)C(=O)C2C(C(=O)NC3CCCC3)C3(C)C=CC21O3. The van der Waals surface area contributed by atoms with E-state index in [4.69, 9.17) is 4.74 Å². The van der Waals surface area contributed by atoms with Crippen LogP contribution in [0.15, 0.2) is 12.2 Å². The topological polar surface area (TPSA) is 87.7 Å². The van der Waals surface area contributed by atoms with Crippen LogP contribution in [0.3, 0.4) is 0 Å². The average Bonchev–Trinajstić information content (AvgIpc) is 3.47. The summed E-state index contributed by atoms with van der Waals surface area (Å²) in [5.74, 6) is -1.66. The molecule has 2 aliphatic carbocycles. The number of carbonyl (C=O) groups is 3. The third-order valence-electron chi connectivity index (χ3n) is 8.18. The number of hydrogen-bond acceptors (Lipinski definition) is 4. The lowest BCUT2D eigenvalue weighted by Gasteiger charge is -2.37. The van der Waals surface area contributed by atoms with E-state index in [1.807, 2.05) is 39.8 Å². The highest BCUT2D eigenvalue weighted by atomic mass is 16.5. The number of carbonyl (C=O) groups excluding carboxylic acids is 3. The van der Waals surface area contributed by atoms with Crippen molar-refractivity contribution in [1.29, 1.82) is 0 Å². The zero-order chi connectivity index (χ0) is 22.9. The molecule has 7 nitrogen and oxygen atoms in total. The summed E-state index contributed by atoms with van der Waals surface area (Å²) >= 11 is 0. The molecule has 5 aliphatic rings. The lowest BCUT2D eigenvalue weighted by Crippen LogP contribution is -2.59. The van der Waals surface area contributed by atoms with Gasteiger partial charge < -0.3 is 20.3 Å². The van der Waals surface area contributed by atoms with Crippen LogP contribution < -0.4 is 10.6 Å². The predicted octanol–water partition coefficient (Wildman–Crippen LogP) is 2.44. The van der Waals surface area contributed by atoms with Gasteiger partial charge in [-0.1, -0.05) is 37.8 Å². The van der Waals surface area contributed by atoms with Gasteiger partial charge in [-0.25, -0.2) is 0 Å². The molecule has 2 saturated carbocycles. The van der Waals surface area contributed by atoms with Crippen molar-refractivity contribution in [3.05, 3.63) is 12.2 Å². The maximum atomic E-state index is 14.0. The van der Waals surface area contributed by atoms with Crippen LogP contribution in [-0.2, 0) is 19.1 Å². The lowest BCUT2D eigenvalue weighted by molar-refractivity contribution is -0.148. The Bertz CT molecular complexity index is 852. The van der Waals surface area contributed by atoms with E-state index in [2.05, 4.69) is 10.6 Å². The molecule has 0 aromatic carbocycles. The normalized spacial score (nSPS) is 39.2. The van der Waals surface area contributed by atoms with Crippen molar-refractivity contribution in [1.82, 2.24) is 15.5 Å². The lowest BCUT2D eigenvalue weighted by atomic mass is 9.70. The van der Waals surface area contributed by atoms with Crippen molar-refractivity contribution in [2.24, 2.45) is 11.8 Å². The number of fused-ring (bicyclic) bond motifs is 1. The summed E-state index contributed by atoms with van der Waals surface area (Å²) in [6, 6.07) is -0.544. The van der Waals surface area contributed by atoms with Gasteiger partial charge in [-0.15, -0.1) is 0 Å². The molecule has 32 heavy (non-hydrogen) atoms. The van der Waals surface area contributed by atoms with Crippen molar-refractivity contribution < 1.29 is 19.1 Å². The number of rotatable bonds is 4. The molecule has 5 atom stereocenters. The monoisotopic (exact) mass is 443 g/mol. The van der Waals surface area contributed by atoms with Crippen LogP contribution in [0.25, 0.3) is 0 Å². The van der Waals surface area contributed by atoms with E-state index in [0.29, 0.717) is 0 Å². The summed E-state index contributed by atoms with van der Waals surface area (Å²) in [7, 11) is 0. The second-order valence-electron chi connectivity index (χ2n) is 11.7. The molecular weight excluding hydrogens is 406 g/mol. The van der Waals surface area contributed by atoms with E-state index >= 15 is 0 Å². The van der Waals surface area contributed by atoms with Crippen LogP contribution in [-0.4, -0.2) is 57.5 Å². The molecule has 5 unspecified atom stereocenters. The van der Waals surface area contributed by atoms with Crippen LogP contribution in [0.1, 0.15) is 79.1 Å². The van der Waals surface area contributed by atoms with Crippen LogP contribution >= 0.6 is 0 Å². The number of amides is 3. The predicted molar refractivity (Wildman–Crippen MR) is 120 cm³/mol. The highest BCUT2D eigenvalue weighted by Crippen LogP contribution is 2.60. The van der Waals surface area contributed by atoms with Gasteiger partial charge >= 0.3 is 0 Å². The molecule has 7 heteroatoms. The number of nitrogens with one attached hydrogen (secondary N) is 2. The average molecular weight is 444 g/mol. The van der Waals surface area contributed by atoms with Gasteiger partial charge in [-0.2, -0.15) is 0 Å². The number of ether oxygens (including phenoxy) is 1. The van der Waals surface area contributed by atoms with Gasteiger partial charge in [-0.05, 0) is 53.4 Å². The Balaban J connectivity index is 1.52. The number of nitrogens with zero attached hydrogens (tertiary/aromatic N) is 1. The van der Waals surface area contributed by atoms with Crippen LogP contribution in [0.2, 0.25) is 0 Å². The minimum Gasteiger partial charge on any atom is -0.356 e. The molecule has 0 aromatic heterocycles. The molecule has 5 rings (SSSR count). The van der Waals surface area contributed by atoms with E-state index in [1.54, 1.807) is 4.90 Å². The van der Waals surface area contributed by atoms with Gasteiger partial charge in [0.15, 0.2) is 0 Å². The van der Waals surface area contributed by atoms with E-state index in [1.165, 1.54) is 0 Å². The first-order valence-corrected chi connectivity index (χ1v) is 12.4. The van der Waals surface area contributed by atoms with Gasteiger partial charge in [0.2, 0.25) is 17.7 Å². The molecule has 0 radical (unpaired) electrons. The van der Waals surface area contributed by atoms with Crippen molar-refractivity contribution in [3.63, 3.8) is 0 Å². The van der Waals surface area contributed by atoms with Crippen molar-refractivity contribution in [2.45, 2.75) is 114 Å². The van der Waals surface area contributed by atoms with Crippen LogP contribution in [0.5, 0.6) is 0 Å². The summed E-state index contributed by atoms with van der Waals surface area (Å²) < 4.78 is 6.58. The number of likely N-dealkylation sites (tertiary alicyclic amines) is 1. The summed E-state index contributed by atoms with van der Waals surface area (Å²) in [6.07, 6.45) is 12.0. The van der Waals surface area contributed by atoms with E-state index in [9.17, 15) is 14.4 Å². The van der Waals surface area contributed by atoms with Crippen LogP contribution in [0, 0.1) is 11.8 Å². The van der Waals surface area contributed by atoms with Crippen molar-refractivity contribution in [3.8, 4) is 0 Å². The maximum Gasteiger partial charge on any atom is 0.246 e. The molecule has 2 N–H and O–H groups in total. The molecule has 0 aromatic rings. The van der Waals surface area contributed by atoms with Gasteiger partial charge in [-0.3, -0.25) is 14.4 Å². The van der Waals surface area contributed by atoms with Gasteiger partial charge in [0.05, 0.1) is 17.4 Å². The third kappa shape index (κ3) is 3.22. The molecule has 176 valence electrons. The summed E-state index contributed by atoms with van der Waals surface area (Å²) in [6.45, 7) is 7.72. The first kappa shape index (κ1) is 21.9. The fraction of sp³-hybridized carbons (Fsp3) is 0.800. The Morgan fingerprint density at radius 3 is 2.28 bits per heavy atom. The van der Waals surface area contributed by atoms with Gasteiger partial charge in [0.25, 0.3) is 0 Å². The smallest absolute Gasteiger partial charge is 0.246 e. The molecule has 3 heterocycles.